The maximum Gasteiger partial charge on any atom is 0.360 e. The molecule has 1 aromatic rings. The molecule has 2 N–H and O–H groups in total. The van der Waals surface area contributed by atoms with E-state index in [9.17, 15) is 14.9 Å². The van der Waals surface area contributed by atoms with Gasteiger partial charge in [0.25, 0.3) is 0 Å². The third-order valence-electron chi connectivity index (χ3n) is 6.50. The number of fused-ring (bicyclic) bond motifs is 1. The largest absolute Gasteiger partial charge is 0.485 e. The summed E-state index contributed by atoms with van der Waals surface area (Å²) in [5, 5.41) is 18.2. The van der Waals surface area contributed by atoms with E-state index in [1.807, 2.05) is 13.8 Å². The van der Waals surface area contributed by atoms with Crippen molar-refractivity contribution in [2.75, 3.05) is 6.54 Å². The molecule has 1 fully saturated rings. The third kappa shape index (κ3) is 4.62. The van der Waals surface area contributed by atoms with Crippen molar-refractivity contribution in [3.05, 3.63) is 29.3 Å². The highest BCUT2D eigenvalue weighted by atomic mass is 31.2. The van der Waals surface area contributed by atoms with Crippen LogP contribution in [0.15, 0.2) is 18.2 Å². The second-order valence-corrected chi connectivity index (χ2v) is 10.5. The fraction of sp³-hybridized carbons (Fsp3) is 0.636. The smallest absolute Gasteiger partial charge is 0.360 e. The molecular weight excluding hydrogens is 435 g/mol. The van der Waals surface area contributed by atoms with E-state index in [-0.39, 0.29) is 5.91 Å². The van der Waals surface area contributed by atoms with Gasteiger partial charge in [-0.3, -0.25) is 4.79 Å². The first-order valence-corrected chi connectivity index (χ1v) is 11.7. The number of amides is 1. The van der Waals surface area contributed by atoms with Gasteiger partial charge in [0.15, 0.2) is 0 Å². The van der Waals surface area contributed by atoms with E-state index in [1.54, 1.807) is 50.8 Å². The molecule has 0 saturated carbocycles. The van der Waals surface area contributed by atoms with Crippen LogP contribution in [0.5, 0.6) is 5.75 Å². The number of nitrogens with zero attached hydrogens (tertiary/aromatic N) is 2. The zero-order valence-electron chi connectivity index (χ0n) is 19.3. The lowest BCUT2D eigenvalue weighted by molar-refractivity contribution is -0.230. The van der Waals surface area contributed by atoms with Crippen LogP contribution >= 0.6 is 8.60 Å². The van der Waals surface area contributed by atoms with Crippen LogP contribution in [0, 0.1) is 11.3 Å². The minimum atomic E-state index is -2.51. The minimum absolute atomic E-state index is 0.0236. The fourth-order valence-electron chi connectivity index (χ4n) is 4.11. The molecule has 2 heterocycles. The van der Waals surface area contributed by atoms with Crippen LogP contribution in [0.4, 0.5) is 0 Å². The van der Waals surface area contributed by atoms with Crippen molar-refractivity contribution in [2.45, 2.75) is 83.3 Å². The van der Waals surface area contributed by atoms with E-state index < -0.39 is 37.6 Å². The lowest BCUT2D eigenvalue weighted by atomic mass is 9.82. The Balaban J connectivity index is 2.07. The first-order chi connectivity index (χ1) is 14.8. The summed E-state index contributed by atoms with van der Waals surface area (Å²) in [4.78, 5) is 24.3. The SMILES string of the molecule is CC1(C)Oc2ccc(C#N)cc2C(N2CCCC2=O)C1OC(C)(C)C(C)(C)OP(O)OO. The topological polar surface area (TPSA) is 121 Å². The van der Waals surface area contributed by atoms with Gasteiger partial charge < -0.3 is 23.8 Å². The molecule has 1 amide bonds. The third-order valence-corrected chi connectivity index (χ3v) is 7.25. The van der Waals surface area contributed by atoms with Gasteiger partial charge in [0.05, 0.1) is 23.3 Å². The summed E-state index contributed by atoms with van der Waals surface area (Å²) in [7, 11) is -2.51. The lowest BCUT2D eigenvalue weighted by Gasteiger charge is -2.52. The van der Waals surface area contributed by atoms with Crippen molar-refractivity contribution < 1.29 is 33.6 Å². The zero-order chi connectivity index (χ0) is 23.9. The van der Waals surface area contributed by atoms with Gasteiger partial charge in [-0.25, -0.2) is 5.26 Å². The standard InChI is InChI=1S/C22H31N2O7P/c1-20(2)19(29-21(3,4)22(5,6)30-32(27)31-26)18(24-11-7-8-17(24)25)15-12-14(13-23)9-10-16(15)28-20/h9-10,12,18-19,26-27H,7-8,11H2,1-6H3. The molecule has 3 unspecified atom stereocenters. The molecule has 3 rings (SSSR count). The Morgan fingerprint density at radius 3 is 2.53 bits per heavy atom. The van der Waals surface area contributed by atoms with Crippen molar-refractivity contribution >= 4 is 14.5 Å². The number of likely N-dealkylation sites (tertiary alicyclic amines) is 1. The number of nitriles is 1. The second-order valence-electron chi connectivity index (χ2n) is 9.68. The van der Waals surface area contributed by atoms with Gasteiger partial charge >= 0.3 is 8.60 Å². The monoisotopic (exact) mass is 466 g/mol. The van der Waals surface area contributed by atoms with Crippen molar-refractivity contribution in [1.29, 1.82) is 5.26 Å². The summed E-state index contributed by atoms with van der Waals surface area (Å²) in [6, 6.07) is 6.88. The molecule has 10 heteroatoms. The van der Waals surface area contributed by atoms with Crippen LogP contribution in [0.3, 0.4) is 0 Å². The Hall–Kier alpha value is -1.79. The zero-order valence-corrected chi connectivity index (χ0v) is 20.2. The average Bonchev–Trinajstić information content (AvgIpc) is 3.12. The highest BCUT2D eigenvalue weighted by Crippen LogP contribution is 2.49. The minimum Gasteiger partial charge on any atom is -0.485 e. The number of carbonyl (C=O) groups is 1. The van der Waals surface area contributed by atoms with Crippen molar-refractivity contribution in [3.63, 3.8) is 0 Å². The number of benzene rings is 1. The molecule has 2 aliphatic heterocycles. The van der Waals surface area contributed by atoms with Crippen molar-refractivity contribution in [2.24, 2.45) is 0 Å². The Bertz CT molecular complexity index is 912. The van der Waals surface area contributed by atoms with Crippen LogP contribution in [0.25, 0.3) is 0 Å². The maximum atomic E-state index is 12.8. The molecule has 3 atom stereocenters. The molecule has 0 radical (unpaired) electrons. The predicted molar refractivity (Wildman–Crippen MR) is 117 cm³/mol. The first-order valence-electron chi connectivity index (χ1n) is 10.5. The normalized spacial score (nSPS) is 24.0. The highest BCUT2D eigenvalue weighted by molar-refractivity contribution is 7.40. The van der Waals surface area contributed by atoms with E-state index in [0.29, 0.717) is 24.3 Å². The van der Waals surface area contributed by atoms with Crippen LogP contribution in [0.2, 0.25) is 0 Å². The molecule has 0 aromatic heterocycles. The van der Waals surface area contributed by atoms with E-state index in [2.05, 4.69) is 10.7 Å². The summed E-state index contributed by atoms with van der Waals surface area (Å²) in [5.41, 5.74) is -1.73. The van der Waals surface area contributed by atoms with Gasteiger partial charge in [0.2, 0.25) is 5.91 Å². The van der Waals surface area contributed by atoms with Gasteiger partial charge in [0, 0.05) is 18.5 Å². The molecule has 176 valence electrons. The number of hydrogen-bond donors (Lipinski definition) is 2. The summed E-state index contributed by atoms with van der Waals surface area (Å²) < 4.78 is 22.4. The van der Waals surface area contributed by atoms with Gasteiger partial charge in [-0.15, -0.1) is 0 Å². The summed E-state index contributed by atoms with van der Waals surface area (Å²) in [5.74, 6) is 0.634. The molecule has 1 aromatic carbocycles. The molecule has 0 spiro atoms. The van der Waals surface area contributed by atoms with Gasteiger partial charge in [-0.1, -0.05) is 0 Å². The second kappa shape index (κ2) is 8.86. The quantitative estimate of drug-likeness (QED) is 0.351. The van der Waals surface area contributed by atoms with Crippen molar-refractivity contribution in [1.82, 2.24) is 4.90 Å². The highest BCUT2D eigenvalue weighted by Gasteiger charge is 2.53. The number of hydrogen-bond acceptors (Lipinski definition) is 8. The van der Waals surface area contributed by atoms with Crippen molar-refractivity contribution in [3.8, 4) is 11.8 Å². The predicted octanol–water partition coefficient (Wildman–Crippen LogP) is 4.06. The summed E-state index contributed by atoms with van der Waals surface area (Å²) in [6.07, 6.45) is 0.583. The molecule has 0 aliphatic carbocycles. The van der Waals surface area contributed by atoms with E-state index in [4.69, 9.17) is 19.3 Å². The molecule has 9 nitrogen and oxygen atoms in total. The fourth-order valence-corrected chi connectivity index (χ4v) is 4.75. The van der Waals surface area contributed by atoms with Gasteiger partial charge in [0.1, 0.15) is 23.1 Å². The van der Waals surface area contributed by atoms with E-state index in [0.717, 1.165) is 12.0 Å². The van der Waals surface area contributed by atoms with E-state index in [1.165, 1.54) is 0 Å². The molecule has 2 aliphatic rings. The maximum absolute atomic E-state index is 12.8. The van der Waals surface area contributed by atoms with Crippen LogP contribution in [0.1, 0.15) is 71.6 Å². The molecule has 1 saturated heterocycles. The van der Waals surface area contributed by atoms with Gasteiger partial charge in [-0.05, 0) is 66.2 Å². The van der Waals surface area contributed by atoms with Crippen LogP contribution in [-0.4, -0.2) is 50.4 Å². The number of carbonyl (C=O) groups excluding carboxylic acids is 1. The number of rotatable bonds is 7. The summed E-state index contributed by atoms with van der Waals surface area (Å²) in [6.45, 7) is 11.4. The Morgan fingerprint density at radius 2 is 1.97 bits per heavy atom. The van der Waals surface area contributed by atoms with Crippen LogP contribution < -0.4 is 4.74 Å². The Kier molecular flexibility index (Phi) is 6.88. The lowest BCUT2D eigenvalue weighted by Crippen LogP contribution is -2.60. The number of ether oxygens (including phenoxy) is 2. The Labute approximate surface area is 189 Å². The Morgan fingerprint density at radius 1 is 1.28 bits per heavy atom. The van der Waals surface area contributed by atoms with Crippen LogP contribution in [-0.2, 0) is 18.7 Å². The molecule has 0 bridgehead atoms. The first kappa shape index (κ1) is 24.8. The average molecular weight is 466 g/mol. The summed E-state index contributed by atoms with van der Waals surface area (Å²) >= 11 is 0. The molecular formula is C22H31N2O7P. The van der Waals surface area contributed by atoms with Gasteiger partial charge in [-0.2, -0.15) is 9.94 Å². The molecule has 32 heavy (non-hydrogen) atoms. The van der Waals surface area contributed by atoms with E-state index >= 15 is 0 Å².